The van der Waals surface area contributed by atoms with Crippen molar-refractivity contribution in [2.45, 2.75) is 506 Å². The number of aliphatic hydroxyl groups excluding tert-OH is 5. The van der Waals surface area contributed by atoms with Crippen molar-refractivity contribution in [1.82, 2.24) is 5.32 Å². The highest BCUT2D eigenvalue weighted by atomic mass is 16.7. The van der Waals surface area contributed by atoms with E-state index in [0.29, 0.717) is 19.4 Å². The lowest BCUT2D eigenvalue weighted by Crippen LogP contribution is -2.60. The summed E-state index contributed by atoms with van der Waals surface area (Å²) in [4.78, 5) is 25.2. The van der Waals surface area contributed by atoms with Gasteiger partial charge in [-0.2, -0.15) is 0 Å². The summed E-state index contributed by atoms with van der Waals surface area (Å²) >= 11 is 0. The van der Waals surface area contributed by atoms with Gasteiger partial charge < -0.3 is 45.1 Å². The molecule has 0 aromatic heterocycles. The van der Waals surface area contributed by atoms with Crippen molar-refractivity contribution < 1.29 is 49.3 Å². The third-order valence-electron chi connectivity index (χ3n) is 21.3. The van der Waals surface area contributed by atoms with Crippen molar-refractivity contribution in [2.24, 2.45) is 0 Å². The molecule has 1 rings (SSSR count). The smallest absolute Gasteiger partial charge is 0.305 e. The lowest BCUT2D eigenvalue weighted by atomic mass is 9.99. The van der Waals surface area contributed by atoms with Gasteiger partial charge in [0.15, 0.2) is 6.29 Å². The molecule has 1 aliphatic heterocycles. The van der Waals surface area contributed by atoms with Crippen LogP contribution in [0.1, 0.15) is 463 Å². The second-order valence-electron chi connectivity index (χ2n) is 31.0. The van der Waals surface area contributed by atoms with Crippen LogP contribution >= 0.6 is 0 Å². The van der Waals surface area contributed by atoms with Crippen LogP contribution in [0.4, 0.5) is 0 Å². The molecule has 0 aromatic carbocycles. The van der Waals surface area contributed by atoms with Crippen LogP contribution in [0.25, 0.3) is 0 Å². The number of rotatable bonds is 80. The third kappa shape index (κ3) is 65.4. The van der Waals surface area contributed by atoms with Crippen molar-refractivity contribution in [3.05, 3.63) is 24.3 Å². The molecule has 0 radical (unpaired) electrons. The summed E-state index contributed by atoms with van der Waals surface area (Å²) in [7, 11) is 0. The zero-order valence-corrected chi connectivity index (χ0v) is 65.7. The van der Waals surface area contributed by atoms with E-state index >= 15 is 0 Å². The van der Waals surface area contributed by atoms with Gasteiger partial charge in [-0.05, 0) is 57.8 Å². The van der Waals surface area contributed by atoms with E-state index in [1.807, 2.05) is 6.08 Å². The average Bonchev–Trinajstić information content (AvgIpc) is 0.826. The molecule has 7 atom stereocenters. The minimum absolute atomic E-state index is 0.0166. The minimum Gasteiger partial charge on any atom is -0.466 e. The average molecular weight is 1400 g/mol. The largest absolute Gasteiger partial charge is 0.466 e. The molecule has 0 aliphatic carbocycles. The molecule has 0 aromatic rings. The maximum absolute atomic E-state index is 13.1. The van der Waals surface area contributed by atoms with Crippen molar-refractivity contribution in [2.75, 3.05) is 19.8 Å². The number of hydrogen-bond donors (Lipinski definition) is 6. The first kappa shape index (κ1) is 95.2. The number of aliphatic hydroxyl groups is 5. The lowest BCUT2D eigenvalue weighted by Gasteiger charge is -2.40. The Morgan fingerprint density at radius 2 is 0.646 bits per heavy atom. The molecule has 1 fully saturated rings. The normalized spacial score (nSPS) is 17.2. The van der Waals surface area contributed by atoms with E-state index < -0.39 is 49.5 Å². The predicted molar refractivity (Wildman–Crippen MR) is 421 cm³/mol. The van der Waals surface area contributed by atoms with E-state index in [-0.39, 0.29) is 18.5 Å². The second kappa shape index (κ2) is 77.2. The lowest BCUT2D eigenvalue weighted by molar-refractivity contribution is -0.302. The van der Waals surface area contributed by atoms with Gasteiger partial charge in [0.25, 0.3) is 0 Å². The highest BCUT2D eigenvalue weighted by Crippen LogP contribution is 2.24. The molecule has 11 nitrogen and oxygen atoms in total. The van der Waals surface area contributed by atoms with E-state index in [1.165, 1.54) is 379 Å². The summed E-state index contributed by atoms with van der Waals surface area (Å²) in [5.74, 6) is -0.155. The maximum atomic E-state index is 13.1. The summed E-state index contributed by atoms with van der Waals surface area (Å²) in [5.41, 5.74) is 0. The Labute approximate surface area is 613 Å². The Kier molecular flexibility index (Phi) is 74.2. The molecular weight excluding hydrogens is 1230 g/mol. The fourth-order valence-corrected chi connectivity index (χ4v) is 14.4. The summed E-state index contributed by atoms with van der Waals surface area (Å²) in [6.07, 6.45) is 91.0. The highest BCUT2D eigenvalue weighted by Gasteiger charge is 2.44. The Morgan fingerprint density at radius 1 is 0.364 bits per heavy atom. The van der Waals surface area contributed by atoms with Gasteiger partial charge in [-0.1, -0.05) is 417 Å². The fourth-order valence-electron chi connectivity index (χ4n) is 14.4. The standard InChI is InChI=1S/C88H169NO10/c1-3-5-7-9-11-13-15-17-19-20-45-48-52-56-60-64-68-72-76-84(93)97-77-73-69-65-61-57-53-49-46-43-41-39-37-35-33-31-29-27-25-23-21-22-24-26-28-30-32-34-36-38-40-42-44-47-51-55-59-63-67-71-75-83(92)89-80(79-98-88-87(96)86(95)85(94)82(78-90)99-88)81(91)74-70-66-62-58-54-50-18-16-14-12-10-8-6-4-2/h19-20,70,74,80-82,85-88,90-91,94-96H,3-18,21-69,71-73,75-79H2,1-2H3,(H,89,92)/b20-19-,74-70+. The number of allylic oxidation sites excluding steroid dienone is 3. The van der Waals surface area contributed by atoms with Crippen LogP contribution in [-0.4, -0.2) is 100 Å². The van der Waals surface area contributed by atoms with Crippen molar-refractivity contribution >= 4 is 11.9 Å². The van der Waals surface area contributed by atoms with Crippen LogP contribution < -0.4 is 5.32 Å². The molecule has 586 valence electrons. The molecular formula is C88H169NO10. The molecule has 0 bridgehead atoms. The van der Waals surface area contributed by atoms with Crippen molar-refractivity contribution in [1.29, 1.82) is 0 Å². The molecule has 99 heavy (non-hydrogen) atoms. The third-order valence-corrected chi connectivity index (χ3v) is 21.3. The number of esters is 1. The number of hydrogen-bond acceptors (Lipinski definition) is 10. The quantitative estimate of drug-likeness (QED) is 0.0195. The van der Waals surface area contributed by atoms with Gasteiger partial charge in [-0.15, -0.1) is 0 Å². The Morgan fingerprint density at radius 3 is 0.970 bits per heavy atom. The number of nitrogens with one attached hydrogen (secondary N) is 1. The second-order valence-corrected chi connectivity index (χ2v) is 31.0. The molecule has 11 heteroatoms. The van der Waals surface area contributed by atoms with Crippen LogP contribution in [0.3, 0.4) is 0 Å². The first-order valence-corrected chi connectivity index (χ1v) is 44.1. The highest BCUT2D eigenvalue weighted by molar-refractivity contribution is 5.76. The molecule has 1 aliphatic rings. The SMILES string of the molecule is CCCCCCCCC/C=C\CCCCCCCCCC(=O)OCCCCCCCCCCCCCCCCCCCCCCCCCCCCCCCCCCCCCCCCCC(=O)NC(COC1OC(CO)C(O)C(O)C1O)C(O)/C=C/CCCCCCCCCCCCCC. The van der Waals surface area contributed by atoms with E-state index in [1.54, 1.807) is 6.08 Å². The Bertz CT molecular complexity index is 1690. The summed E-state index contributed by atoms with van der Waals surface area (Å²) in [6.45, 7) is 4.41. The number of carbonyl (C=O) groups is 2. The molecule has 0 saturated carbocycles. The van der Waals surface area contributed by atoms with Crippen LogP contribution in [0, 0.1) is 0 Å². The predicted octanol–water partition coefficient (Wildman–Crippen LogP) is 24.7. The van der Waals surface area contributed by atoms with Gasteiger partial charge in [-0.3, -0.25) is 9.59 Å². The van der Waals surface area contributed by atoms with E-state index in [4.69, 9.17) is 14.2 Å². The number of carbonyl (C=O) groups excluding carboxylic acids is 2. The minimum atomic E-state index is -1.57. The van der Waals surface area contributed by atoms with Crippen LogP contribution in [0.5, 0.6) is 0 Å². The first-order valence-electron chi connectivity index (χ1n) is 44.1. The zero-order chi connectivity index (χ0) is 71.5. The topological polar surface area (TPSA) is 175 Å². The fraction of sp³-hybridized carbons (Fsp3) is 0.932. The molecule has 1 amide bonds. The maximum Gasteiger partial charge on any atom is 0.305 e. The van der Waals surface area contributed by atoms with Crippen molar-refractivity contribution in [3.63, 3.8) is 0 Å². The van der Waals surface area contributed by atoms with E-state index in [0.717, 1.165) is 57.8 Å². The molecule has 1 saturated heterocycles. The Balaban J connectivity index is 1.85. The summed E-state index contributed by atoms with van der Waals surface area (Å²) in [6, 6.07) is -0.805. The van der Waals surface area contributed by atoms with Gasteiger partial charge in [0, 0.05) is 12.8 Å². The van der Waals surface area contributed by atoms with Crippen LogP contribution in [0.15, 0.2) is 24.3 Å². The monoisotopic (exact) mass is 1400 g/mol. The van der Waals surface area contributed by atoms with E-state index in [9.17, 15) is 35.1 Å². The van der Waals surface area contributed by atoms with E-state index in [2.05, 4.69) is 31.3 Å². The number of ether oxygens (including phenoxy) is 3. The van der Waals surface area contributed by atoms with Crippen molar-refractivity contribution in [3.8, 4) is 0 Å². The van der Waals surface area contributed by atoms with Gasteiger partial charge in [0.05, 0.1) is 32.0 Å². The molecule has 6 N–H and O–H groups in total. The van der Waals surface area contributed by atoms with Gasteiger partial charge in [0.2, 0.25) is 5.91 Å². The summed E-state index contributed by atoms with van der Waals surface area (Å²) in [5, 5.41) is 54.7. The summed E-state index contributed by atoms with van der Waals surface area (Å²) < 4.78 is 16.8. The molecule has 1 heterocycles. The zero-order valence-electron chi connectivity index (χ0n) is 65.7. The van der Waals surface area contributed by atoms with Gasteiger partial charge in [-0.25, -0.2) is 0 Å². The van der Waals surface area contributed by atoms with Crippen LogP contribution in [-0.2, 0) is 23.8 Å². The van der Waals surface area contributed by atoms with Gasteiger partial charge in [0.1, 0.15) is 24.4 Å². The van der Waals surface area contributed by atoms with Gasteiger partial charge >= 0.3 is 5.97 Å². The molecule has 0 spiro atoms. The number of unbranched alkanes of at least 4 members (excludes halogenated alkanes) is 64. The number of amides is 1. The first-order chi connectivity index (χ1) is 48.7. The van der Waals surface area contributed by atoms with Crippen LogP contribution in [0.2, 0.25) is 0 Å². The Hall–Kier alpha value is -1.86. The molecule has 7 unspecified atom stereocenters.